The van der Waals surface area contributed by atoms with Gasteiger partial charge in [0.1, 0.15) is 6.10 Å². The van der Waals surface area contributed by atoms with Crippen LogP contribution in [0, 0.1) is 17.2 Å². The molecular weight excluding hydrogens is 244 g/mol. The molecule has 0 bridgehead atoms. The van der Waals surface area contributed by atoms with E-state index in [0.29, 0.717) is 30.8 Å². The van der Waals surface area contributed by atoms with Crippen molar-refractivity contribution in [1.82, 2.24) is 15.0 Å². The molecule has 2 unspecified atom stereocenters. The monoisotopic (exact) mass is 264 g/mol. The average Bonchev–Trinajstić information content (AvgIpc) is 2.87. The summed E-state index contributed by atoms with van der Waals surface area (Å²) in [5, 5.41) is 12.7. The highest BCUT2D eigenvalue weighted by molar-refractivity contribution is 4.97. The maximum absolute atomic E-state index is 8.78. The molecule has 2 rings (SSSR count). The molecule has 0 amide bonds. The second-order valence-electron chi connectivity index (χ2n) is 5.23. The molecule has 0 aliphatic carbocycles. The number of ether oxygens (including phenoxy) is 1. The molecule has 1 fully saturated rings. The van der Waals surface area contributed by atoms with E-state index < -0.39 is 0 Å². The molecule has 0 radical (unpaired) electrons. The zero-order chi connectivity index (χ0) is 13.8. The van der Waals surface area contributed by atoms with Gasteiger partial charge in [-0.1, -0.05) is 5.16 Å². The number of hydrogen-bond donors (Lipinski definition) is 0. The standard InChI is InChI=1S/C13H20N4O2/c1-9(2)17-4-5-18-11(8-17)13-15-12(19-16-13)6-10(3)7-14/h9-11H,4-6,8H2,1-3H3. The van der Waals surface area contributed by atoms with Gasteiger partial charge in [-0.05, 0) is 20.8 Å². The Morgan fingerprint density at radius 1 is 1.47 bits per heavy atom. The maximum atomic E-state index is 8.78. The summed E-state index contributed by atoms with van der Waals surface area (Å²) in [4.78, 5) is 6.67. The molecule has 6 heteroatoms. The highest BCUT2D eigenvalue weighted by Crippen LogP contribution is 2.21. The summed E-state index contributed by atoms with van der Waals surface area (Å²) >= 11 is 0. The maximum Gasteiger partial charge on any atom is 0.228 e. The molecule has 1 aromatic heterocycles. The van der Waals surface area contributed by atoms with Gasteiger partial charge in [-0.15, -0.1) is 0 Å². The largest absolute Gasteiger partial charge is 0.367 e. The third kappa shape index (κ3) is 3.52. The van der Waals surface area contributed by atoms with E-state index in [1.165, 1.54) is 0 Å². The van der Waals surface area contributed by atoms with Crippen LogP contribution in [0.1, 0.15) is 38.6 Å². The van der Waals surface area contributed by atoms with Crippen molar-refractivity contribution >= 4 is 0 Å². The minimum absolute atomic E-state index is 0.118. The third-order valence-electron chi connectivity index (χ3n) is 3.30. The van der Waals surface area contributed by atoms with Crippen LogP contribution in [0.3, 0.4) is 0 Å². The van der Waals surface area contributed by atoms with Crippen molar-refractivity contribution in [3.05, 3.63) is 11.7 Å². The highest BCUT2D eigenvalue weighted by Gasteiger charge is 2.27. The van der Waals surface area contributed by atoms with Gasteiger partial charge in [0.25, 0.3) is 0 Å². The topological polar surface area (TPSA) is 75.2 Å². The van der Waals surface area contributed by atoms with Gasteiger partial charge < -0.3 is 9.26 Å². The van der Waals surface area contributed by atoms with Crippen molar-refractivity contribution in [2.24, 2.45) is 5.92 Å². The van der Waals surface area contributed by atoms with Gasteiger partial charge in [-0.2, -0.15) is 10.2 Å². The van der Waals surface area contributed by atoms with Crippen LogP contribution < -0.4 is 0 Å². The van der Waals surface area contributed by atoms with E-state index in [0.717, 1.165) is 13.1 Å². The molecule has 104 valence electrons. The van der Waals surface area contributed by atoms with Gasteiger partial charge >= 0.3 is 0 Å². The fraction of sp³-hybridized carbons (Fsp3) is 0.769. The molecule has 0 aromatic carbocycles. The Hall–Kier alpha value is -1.45. The lowest BCUT2D eigenvalue weighted by atomic mass is 10.1. The van der Waals surface area contributed by atoms with Crippen LogP contribution in [-0.2, 0) is 11.2 Å². The Kier molecular flexibility index (Phi) is 4.51. The minimum atomic E-state index is -0.133. The van der Waals surface area contributed by atoms with E-state index in [-0.39, 0.29) is 12.0 Å². The SMILES string of the molecule is CC(C#N)Cc1nc(C2CN(C(C)C)CCO2)no1. The number of aromatic nitrogens is 2. The molecule has 1 aliphatic heterocycles. The van der Waals surface area contributed by atoms with Gasteiger partial charge in [0, 0.05) is 25.6 Å². The first-order valence-electron chi connectivity index (χ1n) is 6.68. The van der Waals surface area contributed by atoms with Crippen LogP contribution in [0.25, 0.3) is 0 Å². The van der Waals surface area contributed by atoms with Crippen LogP contribution in [0.4, 0.5) is 0 Å². The lowest BCUT2D eigenvalue weighted by molar-refractivity contribution is -0.0450. The van der Waals surface area contributed by atoms with E-state index in [1.54, 1.807) is 0 Å². The Morgan fingerprint density at radius 3 is 2.95 bits per heavy atom. The lowest BCUT2D eigenvalue weighted by Crippen LogP contribution is -2.42. The van der Waals surface area contributed by atoms with Crippen molar-refractivity contribution in [3.63, 3.8) is 0 Å². The van der Waals surface area contributed by atoms with Crippen LogP contribution in [0.15, 0.2) is 4.52 Å². The zero-order valence-corrected chi connectivity index (χ0v) is 11.7. The predicted molar refractivity (Wildman–Crippen MR) is 68.2 cm³/mol. The number of nitriles is 1. The molecule has 1 aliphatic rings. The summed E-state index contributed by atoms with van der Waals surface area (Å²) in [5.74, 6) is 0.979. The van der Waals surface area contributed by atoms with E-state index in [1.807, 2.05) is 6.92 Å². The minimum Gasteiger partial charge on any atom is -0.367 e. The van der Waals surface area contributed by atoms with E-state index in [4.69, 9.17) is 14.5 Å². The molecule has 2 heterocycles. The third-order valence-corrected chi connectivity index (χ3v) is 3.30. The molecule has 19 heavy (non-hydrogen) atoms. The fourth-order valence-corrected chi connectivity index (χ4v) is 2.08. The second-order valence-corrected chi connectivity index (χ2v) is 5.23. The summed E-state index contributed by atoms with van der Waals surface area (Å²) < 4.78 is 10.9. The van der Waals surface area contributed by atoms with Crippen LogP contribution in [-0.4, -0.2) is 40.8 Å². The molecule has 1 saturated heterocycles. The Bertz CT molecular complexity index is 452. The number of nitrogens with zero attached hydrogens (tertiary/aromatic N) is 4. The summed E-state index contributed by atoms with van der Waals surface area (Å²) in [6, 6.07) is 2.64. The summed E-state index contributed by atoms with van der Waals surface area (Å²) in [6.07, 6.45) is 0.357. The van der Waals surface area contributed by atoms with Gasteiger partial charge in [0.2, 0.25) is 11.7 Å². The fourth-order valence-electron chi connectivity index (χ4n) is 2.08. The predicted octanol–water partition coefficient (Wildman–Crippen LogP) is 1.55. The van der Waals surface area contributed by atoms with Crippen LogP contribution in [0.2, 0.25) is 0 Å². The Labute approximate surface area is 113 Å². The molecule has 2 atom stereocenters. The van der Waals surface area contributed by atoms with Crippen molar-refractivity contribution in [3.8, 4) is 6.07 Å². The van der Waals surface area contributed by atoms with E-state index in [2.05, 4.69) is 35.0 Å². The lowest BCUT2D eigenvalue weighted by Gasteiger charge is -2.34. The number of hydrogen-bond acceptors (Lipinski definition) is 6. The molecule has 0 spiro atoms. The van der Waals surface area contributed by atoms with Gasteiger partial charge in [0.05, 0.1) is 18.6 Å². The Balaban J connectivity index is 2.00. The van der Waals surface area contributed by atoms with Crippen molar-refractivity contribution < 1.29 is 9.26 Å². The first-order chi connectivity index (χ1) is 9.10. The summed E-state index contributed by atoms with van der Waals surface area (Å²) in [5.41, 5.74) is 0. The van der Waals surface area contributed by atoms with Crippen LogP contribution in [0.5, 0.6) is 0 Å². The summed E-state index contributed by atoms with van der Waals surface area (Å²) in [7, 11) is 0. The van der Waals surface area contributed by atoms with Crippen LogP contribution >= 0.6 is 0 Å². The van der Waals surface area contributed by atoms with Gasteiger partial charge in [0.15, 0.2) is 0 Å². The zero-order valence-electron chi connectivity index (χ0n) is 11.7. The number of rotatable bonds is 4. The average molecular weight is 264 g/mol. The van der Waals surface area contributed by atoms with E-state index >= 15 is 0 Å². The second kappa shape index (κ2) is 6.13. The first-order valence-corrected chi connectivity index (χ1v) is 6.68. The van der Waals surface area contributed by atoms with E-state index in [9.17, 15) is 0 Å². The first kappa shape index (κ1) is 14.0. The highest BCUT2D eigenvalue weighted by atomic mass is 16.5. The molecule has 0 N–H and O–H groups in total. The van der Waals surface area contributed by atoms with Crippen molar-refractivity contribution in [2.45, 2.75) is 39.3 Å². The van der Waals surface area contributed by atoms with Crippen molar-refractivity contribution in [2.75, 3.05) is 19.7 Å². The van der Waals surface area contributed by atoms with Gasteiger partial charge in [-0.25, -0.2) is 0 Å². The Morgan fingerprint density at radius 2 is 2.26 bits per heavy atom. The molecule has 0 saturated carbocycles. The smallest absolute Gasteiger partial charge is 0.228 e. The summed E-state index contributed by atoms with van der Waals surface area (Å²) in [6.45, 7) is 8.56. The normalized spacial score (nSPS) is 22.4. The molecular formula is C13H20N4O2. The van der Waals surface area contributed by atoms with Gasteiger partial charge in [-0.3, -0.25) is 4.90 Å². The van der Waals surface area contributed by atoms with Crippen molar-refractivity contribution in [1.29, 1.82) is 5.26 Å². The number of morpholine rings is 1. The quantitative estimate of drug-likeness (QED) is 0.821. The molecule has 6 nitrogen and oxygen atoms in total. The molecule has 1 aromatic rings.